The van der Waals surface area contributed by atoms with Gasteiger partial charge in [0.2, 0.25) is 1.43 Å². The quantitative estimate of drug-likeness (QED) is 0.0421. The van der Waals surface area contributed by atoms with Gasteiger partial charge in [0.1, 0.15) is 7.38 Å². The van der Waals surface area contributed by atoms with Gasteiger partial charge >= 0.3 is 110 Å². The molecule has 13 heteroatoms. The standard InChI is InChI=1S/C16H33NOSi.C10H23ClSi.C6H11NO.C2H3OS.2CH4.ClH.K.2Na.H/c1-4-5-6-7-8-12-15-19(2,3)18-17-16-13-10-9-11-14-16;1-4-5-6-7-8-9-10-12(2,3)11;8-7-6-4-2-1-3-5-6;3-1-2-4;;;;;;;/h4-15H2,1-3H3;4-10H2,1-3H3;8H,1-5H2;3H,1H2;2*1H4;1H;;;;/q;;;-1;;;;3*+1;-1/p-1/i;;;3D;;;;;;;. The summed E-state index contributed by atoms with van der Waals surface area (Å²) in [5.41, 5.74) is 2.30. The Bertz CT molecular complexity index is 724. The Hall–Kier alpha value is 3.64. The second-order valence-electron chi connectivity index (χ2n) is 13.3. The van der Waals surface area contributed by atoms with Crippen molar-refractivity contribution in [2.24, 2.45) is 10.3 Å². The number of aliphatic hydroxyl groups is 1. The zero-order valence-electron chi connectivity index (χ0n) is 34.5. The van der Waals surface area contributed by atoms with Crippen LogP contribution in [0.3, 0.4) is 0 Å². The maximum atomic E-state index is 8.28. The largest absolute Gasteiger partial charge is 1.00 e. The van der Waals surface area contributed by atoms with Crippen LogP contribution in [0.15, 0.2) is 10.3 Å². The molecule has 5 nitrogen and oxygen atoms in total. The number of thiocarbonyl (C=S) groups is 1. The Morgan fingerprint density at radius 1 is 0.755 bits per heavy atom. The summed E-state index contributed by atoms with van der Waals surface area (Å²) in [6.07, 6.45) is 28.6. The van der Waals surface area contributed by atoms with Crippen molar-refractivity contribution in [1.82, 2.24) is 0 Å². The fraction of sp³-hybridized carbons (Fsp3) is 0.917. The third-order valence-corrected chi connectivity index (χ3v) is 12.1. The fourth-order valence-electron chi connectivity index (χ4n) is 5.00. The maximum absolute atomic E-state index is 8.28. The van der Waals surface area contributed by atoms with E-state index in [9.17, 15) is 0 Å². The van der Waals surface area contributed by atoms with Crippen molar-refractivity contribution in [2.45, 2.75) is 208 Å². The van der Waals surface area contributed by atoms with E-state index in [1.54, 1.807) is 0 Å². The van der Waals surface area contributed by atoms with Gasteiger partial charge < -0.3 is 46.3 Å². The number of unbranched alkanes of at least 4 members (excludes halogenated alkanes) is 10. The second kappa shape index (κ2) is 51.6. The molecule has 2 fully saturated rings. The number of nitrogens with zero attached hydrogens (tertiary/aromatic N) is 2. The molecule has 0 radical (unpaired) electrons. The first-order valence-corrected chi connectivity index (χ1v) is 25.3. The minimum Gasteiger partial charge on any atom is -1.00 e. The van der Waals surface area contributed by atoms with Crippen LogP contribution >= 0.6 is 23.3 Å². The molecule has 2 N–H and O–H groups in total. The van der Waals surface area contributed by atoms with E-state index in [0.717, 1.165) is 18.6 Å². The molecule has 0 aliphatic heterocycles. The van der Waals surface area contributed by atoms with Crippen molar-refractivity contribution < 1.29 is 139 Å². The molecule has 0 heterocycles. The Labute approximate surface area is 415 Å². The molecule has 0 aromatic rings. The molecular formula is C36H79Cl2KN2Na2O3SSi2. The fourth-order valence-corrected chi connectivity index (χ4v) is 8.06. The number of rotatable bonds is 18. The van der Waals surface area contributed by atoms with Crippen LogP contribution in [0.2, 0.25) is 38.3 Å². The van der Waals surface area contributed by atoms with Gasteiger partial charge in [-0.25, -0.2) is 0 Å². The zero-order chi connectivity index (χ0) is 33.4. The molecule has 0 aromatic heterocycles. The summed E-state index contributed by atoms with van der Waals surface area (Å²) < 4.78 is 11.9. The number of hydrogen-bond acceptors (Lipinski definition) is 6. The molecule has 0 atom stereocenters. The molecule has 2 rings (SSSR count). The average Bonchev–Trinajstić information content (AvgIpc) is 3.01. The summed E-state index contributed by atoms with van der Waals surface area (Å²) in [4.78, 5) is 0. The summed E-state index contributed by atoms with van der Waals surface area (Å²) in [5.74, 6) is 0. The van der Waals surface area contributed by atoms with Gasteiger partial charge in [-0.15, -0.1) is 5.16 Å². The Morgan fingerprint density at radius 2 is 1.14 bits per heavy atom. The van der Waals surface area contributed by atoms with Crippen LogP contribution in [0.4, 0.5) is 0 Å². The molecule has 2 aliphatic carbocycles. The Morgan fingerprint density at radius 3 is 1.47 bits per heavy atom. The van der Waals surface area contributed by atoms with E-state index in [1.807, 2.05) is 0 Å². The average molecular weight is 833 g/mol. The zero-order valence-corrected chi connectivity index (χ0v) is 44.0. The Kier molecular flexibility index (Phi) is 71.0. The Balaban J connectivity index is -0.0000000689. The number of hydrogen-bond donors (Lipinski definition) is 2. The van der Waals surface area contributed by atoms with E-state index in [1.165, 1.54) is 146 Å². The predicted molar refractivity (Wildman–Crippen MR) is 215 cm³/mol. The van der Waals surface area contributed by atoms with Crippen molar-refractivity contribution >= 4 is 55.8 Å². The summed E-state index contributed by atoms with van der Waals surface area (Å²) in [6, 6.07) is 2.55. The molecule has 2 aliphatic rings. The van der Waals surface area contributed by atoms with Crippen molar-refractivity contribution in [2.75, 3.05) is 6.61 Å². The molecule has 282 valence electrons. The van der Waals surface area contributed by atoms with E-state index in [0.29, 0.717) is 0 Å². The summed E-state index contributed by atoms with van der Waals surface area (Å²) in [7, 11) is -2.80. The first-order chi connectivity index (χ1) is 21.0. The molecule has 49 heavy (non-hydrogen) atoms. The third-order valence-electron chi connectivity index (χ3n) is 7.74. The van der Waals surface area contributed by atoms with Gasteiger partial charge in [0.05, 0.1) is 11.4 Å². The number of oxime groups is 2. The summed E-state index contributed by atoms with van der Waals surface area (Å²) >= 11 is 10.4. The van der Waals surface area contributed by atoms with Crippen LogP contribution in [-0.2, 0) is 4.53 Å². The summed E-state index contributed by atoms with van der Waals surface area (Å²) in [5, 5.41) is 21.8. The smallest absolute Gasteiger partial charge is 1.00 e. The van der Waals surface area contributed by atoms with Crippen LogP contribution in [0.25, 0.3) is 0 Å². The van der Waals surface area contributed by atoms with Crippen LogP contribution in [0.5, 0.6) is 0 Å². The van der Waals surface area contributed by atoms with Crippen LogP contribution in [-0.4, -0.2) is 50.8 Å². The van der Waals surface area contributed by atoms with Crippen molar-refractivity contribution in [3.63, 3.8) is 0 Å². The van der Waals surface area contributed by atoms with Gasteiger partial charge in [0, 0.05) is 0 Å². The van der Waals surface area contributed by atoms with E-state index >= 15 is 0 Å². The van der Waals surface area contributed by atoms with Gasteiger partial charge in [0.15, 0.2) is 0 Å². The van der Waals surface area contributed by atoms with Crippen LogP contribution in [0.1, 0.15) is 171 Å². The molecule has 0 amide bonds. The van der Waals surface area contributed by atoms with Crippen LogP contribution in [0, 0.1) is 0 Å². The van der Waals surface area contributed by atoms with E-state index in [-0.39, 0.29) is 146 Å². The van der Waals surface area contributed by atoms with E-state index < -0.39 is 15.7 Å². The van der Waals surface area contributed by atoms with Gasteiger partial charge in [-0.1, -0.05) is 143 Å². The molecule has 2 saturated carbocycles. The van der Waals surface area contributed by atoms with Crippen molar-refractivity contribution in [3.05, 3.63) is 0 Å². The van der Waals surface area contributed by atoms with Gasteiger partial charge in [0.25, 0.3) is 8.32 Å². The molecule has 0 bridgehead atoms. The SMILES string of the molecule is C.C.CCCCCCCC[Si](C)(C)Cl.CCCCCCCC[Si](C)(C)ON=C1CCCCC1.ON=C1CCCCC1.[2H]OC[C-]=S.[Cl-].[H-].[K+].[Na+].[Na+]. The molecule has 0 unspecified atom stereocenters. The maximum Gasteiger partial charge on any atom is 1.00 e. The first kappa shape index (κ1) is 67.4. The van der Waals surface area contributed by atoms with Crippen LogP contribution < -0.4 is 123 Å². The number of halogens is 2. The van der Waals surface area contributed by atoms with Crippen molar-refractivity contribution in [3.8, 4) is 0 Å². The van der Waals surface area contributed by atoms with E-state index in [2.05, 4.69) is 73.0 Å². The molecule has 0 spiro atoms. The topological polar surface area (TPSA) is 74.4 Å². The van der Waals surface area contributed by atoms with Gasteiger partial charge in [-0.05, 0) is 76.5 Å². The number of aliphatic hydroxyl groups excluding tert-OH is 1. The molecule has 0 aromatic carbocycles. The predicted octanol–water partition coefficient (Wildman–Crippen LogP) is 1.72. The molecular weight excluding hydrogens is 753 g/mol. The normalized spacial score (nSPS) is 13.5. The minimum atomic E-state index is -1.54. The van der Waals surface area contributed by atoms with E-state index in [4.69, 9.17) is 22.2 Å². The van der Waals surface area contributed by atoms with Gasteiger partial charge in [-0.2, -0.15) is 11.1 Å². The third kappa shape index (κ3) is 58.5. The first-order valence-electron chi connectivity index (χ1n) is 18.0. The molecule has 0 saturated heterocycles. The van der Waals surface area contributed by atoms with Gasteiger partial charge in [-0.3, -0.25) is 0 Å². The van der Waals surface area contributed by atoms with Crippen molar-refractivity contribution in [1.29, 1.82) is 1.43 Å². The monoisotopic (exact) mass is 831 g/mol. The minimum absolute atomic E-state index is 0. The second-order valence-corrected chi connectivity index (χ2v) is 24.8. The summed E-state index contributed by atoms with van der Waals surface area (Å²) in [6.45, 7) is 13.7.